The zero-order valence-corrected chi connectivity index (χ0v) is 9.65. The van der Waals surface area contributed by atoms with Gasteiger partial charge >= 0.3 is 5.97 Å². The number of rotatable bonds is 3. The maximum absolute atomic E-state index is 11.3. The van der Waals surface area contributed by atoms with Crippen LogP contribution in [0.3, 0.4) is 0 Å². The normalized spacial score (nSPS) is 30.4. The Bertz CT molecular complexity index is 259. The molecule has 0 spiro atoms. The van der Waals surface area contributed by atoms with Crippen molar-refractivity contribution in [2.75, 3.05) is 13.7 Å². The molecule has 0 saturated carbocycles. The Kier molecular flexibility index (Phi) is 4.15. The van der Waals surface area contributed by atoms with Crippen molar-refractivity contribution >= 4 is 5.97 Å². The lowest BCUT2D eigenvalue weighted by Gasteiger charge is -2.32. The molecular weight excluding hydrogens is 196 g/mol. The molecule has 0 aromatic heterocycles. The molecule has 0 fully saturated rings. The van der Waals surface area contributed by atoms with Crippen LogP contribution in [-0.4, -0.2) is 26.0 Å². The summed E-state index contributed by atoms with van der Waals surface area (Å²) >= 11 is 0. The standard InChI is InChI=1S/C11H18O4/c1-5-14-11-8(3)7(2)6-9(15-11)10(12)13-4/h6-8,11H,5H2,1-4H3/t7-,8-,11+/m1/s1. The summed E-state index contributed by atoms with van der Waals surface area (Å²) in [6, 6.07) is 0. The minimum atomic E-state index is -0.446. The lowest BCUT2D eigenvalue weighted by molar-refractivity contribution is -0.174. The van der Waals surface area contributed by atoms with E-state index >= 15 is 0 Å². The Labute approximate surface area is 90.2 Å². The van der Waals surface area contributed by atoms with Gasteiger partial charge < -0.3 is 14.2 Å². The topological polar surface area (TPSA) is 44.8 Å². The first-order chi connectivity index (χ1) is 7.10. The number of hydrogen-bond donors (Lipinski definition) is 0. The molecule has 0 aliphatic carbocycles. The predicted octanol–water partition coefficient (Wildman–Crippen LogP) is 1.71. The van der Waals surface area contributed by atoms with Gasteiger partial charge in [0.05, 0.1) is 7.11 Å². The first-order valence-electron chi connectivity index (χ1n) is 5.18. The molecule has 0 unspecified atom stereocenters. The zero-order chi connectivity index (χ0) is 11.4. The monoisotopic (exact) mass is 214 g/mol. The molecule has 0 saturated heterocycles. The van der Waals surface area contributed by atoms with Crippen LogP contribution in [-0.2, 0) is 19.0 Å². The van der Waals surface area contributed by atoms with Crippen molar-refractivity contribution in [3.63, 3.8) is 0 Å². The molecule has 0 aromatic rings. The molecule has 0 radical (unpaired) electrons. The molecule has 1 rings (SSSR count). The second-order valence-electron chi connectivity index (χ2n) is 3.68. The van der Waals surface area contributed by atoms with Crippen LogP contribution in [0.1, 0.15) is 20.8 Å². The largest absolute Gasteiger partial charge is 0.463 e. The van der Waals surface area contributed by atoms with Gasteiger partial charge in [0.2, 0.25) is 12.0 Å². The van der Waals surface area contributed by atoms with Gasteiger partial charge in [0.1, 0.15) is 0 Å². The van der Waals surface area contributed by atoms with Gasteiger partial charge in [-0.3, -0.25) is 0 Å². The maximum Gasteiger partial charge on any atom is 0.373 e. The number of esters is 1. The highest BCUT2D eigenvalue weighted by molar-refractivity contribution is 5.86. The van der Waals surface area contributed by atoms with Gasteiger partial charge in [0, 0.05) is 12.5 Å². The van der Waals surface area contributed by atoms with Crippen LogP contribution in [0.5, 0.6) is 0 Å². The van der Waals surface area contributed by atoms with Crippen LogP contribution in [0.15, 0.2) is 11.8 Å². The minimum absolute atomic E-state index is 0.235. The fraction of sp³-hybridized carbons (Fsp3) is 0.727. The highest BCUT2D eigenvalue weighted by atomic mass is 16.7. The summed E-state index contributed by atoms with van der Waals surface area (Å²) in [7, 11) is 1.34. The van der Waals surface area contributed by atoms with Gasteiger partial charge in [-0.2, -0.15) is 0 Å². The van der Waals surface area contributed by atoms with Gasteiger partial charge in [-0.15, -0.1) is 0 Å². The van der Waals surface area contributed by atoms with E-state index in [1.54, 1.807) is 6.08 Å². The van der Waals surface area contributed by atoms with Gasteiger partial charge in [-0.05, 0) is 18.9 Å². The van der Waals surface area contributed by atoms with Gasteiger partial charge in [-0.25, -0.2) is 4.79 Å². The minimum Gasteiger partial charge on any atom is -0.463 e. The van der Waals surface area contributed by atoms with Crippen molar-refractivity contribution in [2.24, 2.45) is 11.8 Å². The molecule has 0 N–H and O–H groups in total. The smallest absolute Gasteiger partial charge is 0.373 e. The van der Waals surface area contributed by atoms with E-state index in [2.05, 4.69) is 4.74 Å². The van der Waals surface area contributed by atoms with Crippen LogP contribution in [0.4, 0.5) is 0 Å². The van der Waals surface area contributed by atoms with Crippen molar-refractivity contribution in [1.82, 2.24) is 0 Å². The first-order valence-corrected chi connectivity index (χ1v) is 5.18. The van der Waals surface area contributed by atoms with E-state index in [0.717, 1.165) is 0 Å². The van der Waals surface area contributed by atoms with Crippen molar-refractivity contribution in [2.45, 2.75) is 27.1 Å². The quantitative estimate of drug-likeness (QED) is 0.671. The lowest BCUT2D eigenvalue weighted by atomic mass is 9.92. The Morgan fingerprint density at radius 1 is 1.53 bits per heavy atom. The molecule has 4 nitrogen and oxygen atoms in total. The second kappa shape index (κ2) is 5.16. The number of carbonyl (C=O) groups excluding carboxylic acids is 1. The molecule has 3 atom stereocenters. The molecule has 15 heavy (non-hydrogen) atoms. The molecule has 0 aromatic carbocycles. The van der Waals surface area contributed by atoms with Crippen molar-refractivity contribution in [3.05, 3.63) is 11.8 Å². The molecule has 1 aliphatic rings. The summed E-state index contributed by atoms with van der Waals surface area (Å²) in [6.07, 6.45) is 1.43. The number of carbonyl (C=O) groups is 1. The summed E-state index contributed by atoms with van der Waals surface area (Å²) < 4.78 is 15.5. The molecule has 0 amide bonds. The molecule has 0 bridgehead atoms. The first kappa shape index (κ1) is 12.0. The fourth-order valence-corrected chi connectivity index (χ4v) is 1.48. The van der Waals surface area contributed by atoms with Crippen molar-refractivity contribution in [3.8, 4) is 0 Å². The second-order valence-corrected chi connectivity index (χ2v) is 3.68. The predicted molar refractivity (Wildman–Crippen MR) is 54.9 cm³/mol. The highest BCUT2D eigenvalue weighted by Gasteiger charge is 2.32. The van der Waals surface area contributed by atoms with E-state index in [9.17, 15) is 4.79 Å². The van der Waals surface area contributed by atoms with E-state index in [0.29, 0.717) is 6.61 Å². The van der Waals surface area contributed by atoms with Crippen LogP contribution in [0.2, 0.25) is 0 Å². The SMILES string of the molecule is CCO[C@H]1OC(C(=O)OC)=C[C@@H](C)[C@H]1C. The van der Waals surface area contributed by atoms with Crippen molar-refractivity contribution < 1.29 is 19.0 Å². The lowest BCUT2D eigenvalue weighted by Crippen LogP contribution is -2.34. The van der Waals surface area contributed by atoms with Crippen LogP contribution >= 0.6 is 0 Å². The van der Waals surface area contributed by atoms with E-state index in [1.165, 1.54) is 7.11 Å². The van der Waals surface area contributed by atoms with E-state index in [-0.39, 0.29) is 23.9 Å². The third kappa shape index (κ3) is 2.72. The zero-order valence-electron chi connectivity index (χ0n) is 9.65. The van der Waals surface area contributed by atoms with E-state index in [1.807, 2.05) is 20.8 Å². The third-order valence-corrected chi connectivity index (χ3v) is 2.63. The molecule has 86 valence electrons. The number of methoxy groups -OCH3 is 1. The van der Waals surface area contributed by atoms with Crippen LogP contribution < -0.4 is 0 Å². The molecule has 1 heterocycles. The average Bonchev–Trinajstić information content (AvgIpc) is 2.23. The van der Waals surface area contributed by atoms with Crippen LogP contribution in [0.25, 0.3) is 0 Å². The van der Waals surface area contributed by atoms with Crippen LogP contribution in [0, 0.1) is 11.8 Å². The summed E-state index contributed by atoms with van der Waals surface area (Å²) in [4.78, 5) is 11.3. The highest BCUT2D eigenvalue weighted by Crippen LogP contribution is 2.28. The maximum atomic E-state index is 11.3. The Morgan fingerprint density at radius 2 is 2.20 bits per heavy atom. The van der Waals surface area contributed by atoms with Gasteiger partial charge in [0.15, 0.2) is 0 Å². The fourth-order valence-electron chi connectivity index (χ4n) is 1.48. The Hall–Kier alpha value is -1.03. The van der Waals surface area contributed by atoms with Gasteiger partial charge in [0.25, 0.3) is 0 Å². The number of ether oxygens (including phenoxy) is 3. The number of allylic oxidation sites excluding steroid dienone is 1. The molecule has 4 heteroatoms. The number of hydrogen-bond acceptors (Lipinski definition) is 4. The summed E-state index contributed by atoms with van der Waals surface area (Å²) in [5.41, 5.74) is 0. The summed E-state index contributed by atoms with van der Waals surface area (Å²) in [5, 5.41) is 0. The summed E-state index contributed by atoms with van der Waals surface area (Å²) in [5.74, 6) is 0.280. The third-order valence-electron chi connectivity index (χ3n) is 2.63. The Morgan fingerprint density at radius 3 is 2.73 bits per heavy atom. The van der Waals surface area contributed by atoms with Gasteiger partial charge in [-0.1, -0.05) is 13.8 Å². The van der Waals surface area contributed by atoms with E-state index < -0.39 is 5.97 Å². The Balaban J connectivity index is 2.76. The van der Waals surface area contributed by atoms with E-state index in [4.69, 9.17) is 9.47 Å². The molecular formula is C11H18O4. The van der Waals surface area contributed by atoms with Crippen molar-refractivity contribution in [1.29, 1.82) is 0 Å². The molecule has 1 aliphatic heterocycles. The average molecular weight is 214 g/mol. The summed E-state index contributed by atoms with van der Waals surface area (Å²) in [6.45, 7) is 6.53.